The number of hydrogen-bond acceptors (Lipinski definition) is 6. The number of amides is 1. The number of likely N-dealkylation sites (tertiary alicyclic amines) is 1. The Morgan fingerprint density at radius 2 is 1.67 bits per heavy atom. The fourth-order valence-electron chi connectivity index (χ4n) is 7.06. The Hall–Kier alpha value is -3.28. The van der Waals surface area contributed by atoms with Gasteiger partial charge in [-0.05, 0) is 78.9 Å². The second-order valence-corrected chi connectivity index (χ2v) is 13.7. The fourth-order valence-corrected chi connectivity index (χ4v) is 8.89. The van der Waals surface area contributed by atoms with Crippen LogP contribution < -0.4 is 14.7 Å². The molecule has 1 unspecified atom stereocenters. The van der Waals surface area contributed by atoms with E-state index in [2.05, 4.69) is 5.32 Å². The van der Waals surface area contributed by atoms with Crippen molar-refractivity contribution in [2.24, 2.45) is 0 Å². The van der Waals surface area contributed by atoms with Crippen LogP contribution in [0.2, 0.25) is 0 Å². The van der Waals surface area contributed by atoms with Crippen LogP contribution in [0, 0.1) is 19.1 Å². The van der Waals surface area contributed by atoms with E-state index in [1.165, 1.54) is 4.31 Å². The van der Waals surface area contributed by atoms with Gasteiger partial charge in [-0.2, -0.15) is 4.31 Å². The Balaban J connectivity index is 1.19. The number of quaternary nitrogens is 1. The predicted octanol–water partition coefficient (Wildman–Crippen LogP) is 4.10. The molecule has 6 rings (SSSR count). The van der Waals surface area contributed by atoms with Crippen molar-refractivity contribution >= 4 is 21.6 Å². The third-order valence-corrected chi connectivity index (χ3v) is 11.6. The summed E-state index contributed by atoms with van der Waals surface area (Å²) in [6.45, 7) is 6.14. The van der Waals surface area contributed by atoms with Gasteiger partial charge in [0.1, 0.15) is 23.6 Å². The Kier molecular flexibility index (Phi) is 7.39. The van der Waals surface area contributed by atoms with Gasteiger partial charge in [0.15, 0.2) is 0 Å². The molecule has 2 saturated heterocycles. The SMILES string of the molecule is COc1cc(C)c(S(=O)(=O)N2CCc3ccc(C(=O)N4CCC5(CC4)CNC[N+]5([O-])c4ccccc4)cc3C2)c(C)c1. The number of ether oxygens (including phenoxy) is 1. The normalized spacial score (nSPS) is 22.2. The fraction of sp³-hybridized carbons (Fsp3) is 0.406. The Morgan fingerprint density at radius 1 is 0.976 bits per heavy atom. The third-order valence-electron chi connectivity index (χ3n) is 9.41. The highest BCUT2D eigenvalue weighted by atomic mass is 32.2. The Bertz CT molecular complexity index is 1600. The summed E-state index contributed by atoms with van der Waals surface area (Å²) < 4.78 is 33.9. The first-order valence-electron chi connectivity index (χ1n) is 14.5. The molecule has 0 aromatic heterocycles. The summed E-state index contributed by atoms with van der Waals surface area (Å²) in [6, 6.07) is 18.7. The molecule has 42 heavy (non-hydrogen) atoms. The average Bonchev–Trinajstić information content (AvgIpc) is 3.32. The predicted molar refractivity (Wildman–Crippen MR) is 163 cm³/mol. The van der Waals surface area contributed by atoms with Gasteiger partial charge in [-0.25, -0.2) is 8.42 Å². The van der Waals surface area contributed by atoms with Crippen LogP contribution in [0.3, 0.4) is 0 Å². The Morgan fingerprint density at radius 3 is 2.33 bits per heavy atom. The zero-order valence-corrected chi connectivity index (χ0v) is 25.2. The zero-order valence-electron chi connectivity index (χ0n) is 24.4. The number of methoxy groups -OCH3 is 1. The molecule has 3 aliphatic rings. The lowest BCUT2D eigenvalue weighted by molar-refractivity contribution is 0.0568. The maximum Gasteiger partial charge on any atom is 0.253 e. The van der Waals surface area contributed by atoms with E-state index in [-0.39, 0.29) is 12.5 Å². The van der Waals surface area contributed by atoms with E-state index in [0.29, 0.717) is 79.4 Å². The minimum absolute atomic E-state index is 0.0795. The number of sulfonamides is 1. The number of rotatable bonds is 5. The number of aryl methyl sites for hydroxylation is 2. The molecular formula is C32H38N4O5S. The van der Waals surface area contributed by atoms with E-state index in [9.17, 15) is 18.4 Å². The molecule has 3 aliphatic heterocycles. The van der Waals surface area contributed by atoms with Gasteiger partial charge in [0.05, 0.1) is 18.6 Å². The first-order chi connectivity index (χ1) is 20.1. The monoisotopic (exact) mass is 590 g/mol. The van der Waals surface area contributed by atoms with Crippen LogP contribution >= 0.6 is 0 Å². The van der Waals surface area contributed by atoms with E-state index in [1.54, 1.807) is 33.1 Å². The summed E-state index contributed by atoms with van der Waals surface area (Å²) >= 11 is 0. The first-order valence-corrected chi connectivity index (χ1v) is 15.9. The van der Waals surface area contributed by atoms with Crippen LogP contribution in [0.25, 0.3) is 0 Å². The number of fused-ring (bicyclic) bond motifs is 1. The number of carbonyl (C=O) groups excluding carboxylic acids is 1. The second kappa shape index (κ2) is 10.8. The molecule has 3 aromatic rings. The number of carbonyl (C=O) groups is 1. The number of hydrogen-bond donors (Lipinski definition) is 1. The van der Waals surface area contributed by atoms with Crippen LogP contribution in [0.4, 0.5) is 5.69 Å². The van der Waals surface area contributed by atoms with Crippen LogP contribution in [0.1, 0.15) is 45.5 Å². The van der Waals surface area contributed by atoms with Crippen molar-refractivity contribution in [3.63, 3.8) is 0 Å². The molecule has 0 aliphatic carbocycles. The number of para-hydroxylation sites is 1. The lowest BCUT2D eigenvalue weighted by Gasteiger charge is -2.54. The van der Waals surface area contributed by atoms with Gasteiger partial charge < -0.3 is 19.5 Å². The summed E-state index contributed by atoms with van der Waals surface area (Å²) in [5, 5.41) is 17.4. The van der Waals surface area contributed by atoms with Crippen molar-refractivity contribution in [3.8, 4) is 5.75 Å². The van der Waals surface area contributed by atoms with Gasteiger partial charge in [-0.3, -0.25) is 10.1 Å². The number of nitrogens with zero attached hydrogens (tertiary/aromatic N) is 3. The molecule has 2 fully saturated rings. The topological polar surface area (TPSA) is 102 Å². The van der Waals surface area contributed by atoms with Crippen LogP contribution in [-0.2, 0) is 23.0 Å². The highest BCUT2D eigenvalue weighted by molar-refractivity contribution is 7.89. The van der Waals surface area contributed by atoms with E-state index in [1.807, 2.05) is 53.4 Å². The number of piperidine rings is 1. The standard InChI is InChI=1S/C32H38N4O5S/c1-23-17-29(41-3)18-24(2)30(23)42(39,40)35-14-11-25-9-10-26(19-27(25)20-35)31(37)34-15-12-32(13-16-34)21-33-22-36(32,38)28-7-5-4-6-8-28/h4-10,17-19,33H,11-16,20-22H2,1-3H3. The van der Waals surface area contributed by atoms with Crippen molar-refractivity contribution in [1.82, 2.24) is 19.2 Å². The first kappa shape index (κ1) is 28.8. The van der Waals surface area contributed by atoms with Gasteiger partial charge in [-0.15, -0.1) is 0 Å². The van der Waals surface area contributed by atoms with Gasteiger partial charge >= 0.3 is 0 Å². The molecule has 1 atom stereocenters. The maximum absolute atomic E-state index is 14.1. The molecule has 0 bridgehead atoms. The highest BCUT2D eigenvalue weighted by Gasteiger charge is 2.53. The summed E-state index contributed by atoms with van der Waals surface area (Å²) in [4.78, 5) is 15.8. The molecule has 0 radical (unpaired) electrons. The minimum atomic E-state index is -3.75. The summed E-state index contributed by atoms with van der Waals surface area (Å²) in [5.41, 5.74) is 4.01. The second-order valence-electron chi connectivity index (χ2n) is 11.8. The smallest absolute Gasteiger partial charge is 0.253 e. The van der Waals surface area contributed by atoms with Crippen molar-refractivity contribution in [2.75, 3.05) is 40.0 Å². The summed E-state index contributed by atoms with van der Waals surface area (Å²) in [6.07, 6.45) is 1.81. The van der Waals surface area contributed by atoms with Crippen molar-refractivity contribution < 1.29 is 17.9 Å². The molecule has 9 nitrogen and oxygen atoms in total. The van der Waals surface area contributed by atoms with Gasteiger partial charge in [0.25, 0.3) is 5.91 Å². The van der Waals surface area contributed by atoms with E-state index < -0.39 is 20.2 Å². The van der Waals surface area contributed by atoms with Crippen LogP contribution in [-0.4, -0.2) is 69.0 Å². The van der Waals surface area contributed by atoms with E-state index in [0.717, 1.165) is 16.8 Å². The minimum Gasteiger partial charge on any atom is -0.626 e. The zero-order chi connectivity index (χ0) is 29.7. The lowest BCUT2D eigenvalue weighted by atomic mass is 9.85. The van der Waals surface area contributed by atoms with Crippen molar-refractivity contribution in [1.29, 1.82) is 0 Å². The largest absolute Gasteiger partial charge is 0.626 e. The quantitative estimate of drug-likeness (QED) is 0.355. The Labute approximate surface area is 247 Å². The molecule has 222 valence electrons. The highest BCUT2D eigenvalue weighted by Crippen LogP contribution is 2.42. The number of benzene rings is 3. The molecule has 3 heterocycles. The van der Waals surface area contributed by atoms with Crippen LogP contribution in [0.15, 0.2) is 65.6 Å². The van der Waals surface area contributed by atoms with E-state index >= 15 is 0 Å². The molecular weight excluding hydrogens is 552 g/mol. The number of hydroxylamine groups is 2. The molecule has 0 saturated carbocycles. The average molecular weight is 591 g/mol. The summed E-state index contributed by atoms with van der Waals surface area (Å²) in [7, 11) is -2.18. The van der Waals surface area contributed by atoms with Gasteiger partial charge in [-0.1, -0.05) is 24.3 Å². The third kappa shape index (κ3) is 4.71. The molecule has 1 amide bonds. The van der Waals surface area contributed by atoms with Crippen LogP contribution in [0.5, 0.6) is 5.75 Å². The molecule has 1 spiro atoms. The molecule has 10 heteroatoms. The van der Waals surface area contributed by atoms with Gasteiger partial charge in [0, 0.05) is 44.6 Å². The van der Waals surface area contributed by atoms with Crippen molar-refractivity contribution in [2.45, 2.75) is 50.1 Å². The molecule has 3 aromatic carbocycles. The number of nitrogens with one attached hydrogen (secondary N) is 1. The lowest BCUT2D eigenvalue weighted by Crippen LogP contribution is -2.63. The maximum atomic E-state index is 14.1. The summed E-state index contributed by atoms with van der Waals surface area (Å²) in [5.74, 6) is 0.549. The molecule has 1 N–H and O–H groups in total. The van der Waals surface area contributed by atoms with E-state index in [4.69, 9.17) is 4.74 Å². The van der Waals surface area contributed by atoms with Crippen molar-refractivity contribution in [3.05, 3.63) is 93.7 Å². The van der Waals surface area contributed by atoms with Gasteiger partial charge in [0.2, 0.25) is 10.0 Å².